The standard InChI is InChI=1S/C17H16O2/c1-3-7-13(8-4-1)17(14-9-5-2-6-10-14)16-15(19-17)11-12-18-16/h1-10,15-16H,11-12H2. The van der Waals surface area contributed by atoms with Crippen molar-refractivity contribution in [1.29, 1.82) is 0 Å². The molecule has 0 bridgehead atoms. The fourth-order valence-electron chi connectivity index (χ4n) is 3.31. The molecule has 2 aliphatic rings. The van der Waals surface area contributed by atoms with Gasteiger partial charge in [-0.1, -0.05) is 60.7 Å². The summed E-state index contributed by atoms with van der Waals surface area (Å²) in [5.74, 6) is 0. The van der Waals surface area contributed by atoms with Gasteiger partial charge in [-0.3, -0.25) is 0 Å². The lowest BCUT2D eigenvalue weighted by molar-refractivity contribution is -0.255. The molecule has 2 fully saturated rings. The Bertz CT molecular complexity index is 525. The zero-order chi connectivity index (χ0) is 12.7. The molecule has 2 heteroatoms. The van der Waals surface area contributed by atoms with Crippen molar-refractivity contribution in [2.75, 3.05) is 6.61 Å². The molecule has 0 aliphatic carbocycles. The largest absolute Gasteiger partial charge is 0.372 e. The van der Waals surface area contributed by atoms with Crippen LogP contribution in [0.2, 0.25) is 0 Å². The van der Waals surface area contributed by atoms with Gasteiger partial charge in [-0.15, -0.1) is 0 Å². The third-order valence-corrected chi connectivity index (χ3v) is 4.18. The first-order valence-corrected chi connectivity index (χ1v) is 6.82. The van der Waals surface area contributed by atoms with Crippen LogP contribution in [0.1, 0.15) is 17.5 Å². The molecule has 2 heterocycles. The Morgan fingerprint density at radius 3 is 1.95 bits per heavy atom. The van der Waals surface area contributed by atoms with Crippen LogP contribution in [-0.4, -0.2) is 18.8 Å². The fraction of sp³-hybridized carbons (Fsp3) is 0.294. The van der Waals surface area contributed by atoms with Gasteiger partial charge in [0, 0.05) is 6.61 Å². The SMILES string of the molecule is c1ccc(C2(c3ccccc3)OC3CCOC32)cc1. The van der Waals surface area contributed by atoms with E-state index in [1.807, 2.05) is 12.1 Å². The summed E-state index contributed by atoms with van der Waals surface area (Å²) in [5.41, 5.74) is 1.96. The van der Waals surface area contributed by atoms with E-state index in [4.69, 9.17) is 9.47 Å². The number of ether oxygens (including phenoxy) is 2. The summed E-state index contributed by atoms with van der Waals surface area (Å²) in [7, 11) is 0. The maximum Gasteiger partial charge on any atom is 0.147 e. The van der Waals surface area contributed by atoms with Crippen molar-refractivity contribution in [3.63, 3.8) is 0 Å². The summed E-state index contributed by atoms with van der Waals surface area (Å²) in [5, 5.41) is 0. The number of hydrogen-bond acceptors (Lipinski definition) is 2. The summed E-state index contributed by atoms with van der Waals surface area (Å²) in [4.78, 5) is 0. The van der Waals surface area contributed by atoms with Crippen molar-refractivity contribution in [3.05, 3.63) is 71.8 Å². The van der Waals surface area contributed by atoms with E-state index in [0.717, 1.165) is 13.0 Å². The molecule has 2 saturated heterocycles. The van der Waals surface area contributed by atoms with E-state index < -0.39 is 5.60 Å². The van der Waals surface area contributed by atoms with Crippen LogP contribution in [0.4, 0.5) is 0 Å². The van der Waals surface area contributed by atoms with Gasteiger partial charge in [0.25, 0.3) is 0 Å². The van der Waals surface area contributed by atoms with Crippen molar-refractivity contribution in [2.24, 2.45) is 0 Å². The molecular formula is C17H16O2. The molecular weight excluding hydrogens is 236 g/mol. The van der Waals surface area contributed by atoms with E-state index in [9.17, 15) is 0 Å². The molecule has 0 amide bonds. The van der Waals surface area contributed by atoms with E-state index in [1.165, 1.54) is 11.1 Å². The van der Waals surface area contributed by atoms with Crippen molar-refractivity contribution < 1.29 is 9.47 Å². The highest BCUT2D eigenvalue weighted by molar-refractivity contribution is 5.41. The first kappa shape index (κ1) is 11.2. The molecule has 2 atom stereocenters. The Morgan fingerprint density at radius 2 is 1.42 bits per heavy atom. The lowest BCUT2D eigenvalue weighted by atomic mass is 9.75. The zero-order valence-corrected chi connectivity index (χ0v) is 10.7. The number of rotatable bonds is 2. The minimum Gasteiger partial charge on any atom is -0.372 e. The molecule has 96 valence electrons. The lowest BCUT2D eigenvalue weighted by Crippen LogP contribution is -2.60. The Morgan fingerprint density at radius 1 is 0.842 bits per heavy atom. The molecule has 2 nitrogen and oxygen atoms in total. The highest BCUT2D eigenvalue weighted by Crippen LogP contribution is 2.52. The Labute approximate surface area is 113 Å². The molecule has 0 radical (unpaired) electrons. The second kappa shape index (κ2) is 4.19. The van der Waals surface area contributed by atoms with Crippen molar-refractivity contribution in [1.82, 2.24) is 0 Å². The predicted molar refractivity (Wildman–Crippen MR) is 72.9 cm³/mol. The Hall–Kier alpha value is -1.64. The third kappa shape index (κ3) is 1.50. The molecule has 2 aliphatic heterocycles. The molecule has 0 spiro atoms. The molecule has 2 unspecified atom stereocenters. The van der Waals surface area contributed by atoms with Gasteiger partial charge in [-0.2, -0.15) is 0 Å². The van der Waals surface area contributed by atoms with E-state index in [0.29, 0.717) is 0 Å². The van der Waals surface area contributed by atoms with Crippen LogP contribution < -0.4 is 0 Å². The van der Waals surface area contributed by atoms with Crippen molar-refractivity contribution >= 4 is 0 Å². The second-order valence-electron chi connectivity index (χ2n) is 5.20. The van der Waals surface area contributed by atoms with Gasteiger partial charge in [0.2, 0.25) is 0 Å². The fourth-order valence-corrected chi connectivity index (χ4v) is 3.31. The van der Waals surface area contributed by atoms with E-state index in [1.54, 1.807) is 0 Å². The predicted octanol–water partition coefficient (Wildman–Crippen LogP) is 3.12. The van der Waals surface area contributed by atoms with Gasteiger partial charge in [0.1, 0.15) is 11.7 Å². The second-order valence-corrected chi connectivity index (χ2v) is 5.20. The Balaban J connectivity index is 1.85. The molecule has 2 aromatic rings. The number of fused-ring (bicyclic) bond motifs is 1. The average molecular weight is 252 g/mol. The summed E-state index contributed by atoms with van der Waals surface area (Å²) < 4.78 is 12.2. The monoisotopic (exact) mass is 252 g/mol. The van der Waals surface area contributed by atoms with Gasteiger partial charge in [0.15, 0.2) is 0 Å². The molecule has 2 aromatic carbocycles. The molecule has 0 saturated carbocycles. The normalized spacial score (nSPS) is 27.6. The minimum absolute atomic E-state index is 0.150. The van der Waals surface area contributed by atoms with Crippen LogP contribution in [0.25, 0.3) is 0 Å². The number of benzene rings is 2. The van der Waals surface area contributed by atoms with Gasteiger partial charge >= 0.3 is 0 Å². The van der Waals surface area contributed by atoms with Crippen LogP contribution in [-0.2, 0) is 15.1 Å². The minimum atomic E-state index is -0.413. The van der Waals surface area contributed by atoms with E-state index in [2.05, 4.69) is 48.5 Å². The average Bonchev–Trinajstić information content (AvgIpc) is 2.85. The third-order valence-electron chi connectivity index (χ3n) is 4.18. The van der Waals surface area contributed by atoms with Gasteiger partial charge in [-0.05, 0) is 17.5 Å². The van der Waals surface area contributed by atoms with Crippen LogP contribution in [0.15, 0.2) is 60.7 Å². The van der Waals surface area contributed by atoms with Crippen LogP contribution in [0.3, 0.4) is 0 Å². The summed E-state index contributed by atoms with van der Waals surface area (Å²) in [6, 6.07) is 20.8. The molecule has 4 rings (SSSR count). The van der Waals surface area contributed by atoms with E-state index >= 15 is 0 Å². The van der Waals surface area contributed by atoms with Crippen molar-refractivity contribution in [3.8, 4) is 0 Å². The maximum absolute atomic E-state index is 6.30. The van der Waals surface area contributed by atoms with Crippen LogP contribution >= 0.6 is 0 Å². The Kier molecular flexibility index (Phi) is 2.47. The highest BCUT2D eigenvalue weighted by Gasteiger charge is 2.60. The lowest BCUT2D eigenvalue weighted by Gasteiger charge is -2.51. The molecule has 19 heavy (non-hydrogen) atoms. The molecule has 0 aromatic heterocycles. The van der Waals surface area contributed by atoms with E-state index in [-0.39, 0.29) is 12.2 Å². The van der Waals surface area contributed by atoms with Gasteiger partial charge in [-0.25, -0.2) is 0 Å². The summed E-state index contributed by atoms with van der Waals surface area (Å²) in [6.45, 7) is 0.802. The first-order chi connectivity index (χ1) is 9.41. The van der Waals surface area contributed by atoms with Crippen molar-refractivity contribution in [2.45, 2.75) is 24.2 Å². The first-order valence-electron chi connectivity index (χ1n) is 6.82. The zero-order valence-electron chi connectivity index (χ0n) is 10.7. The smallest absolute Gasteiger partial charge is 0.147 e. The van der Waals surface area contributed by atoms with Crippen LogP contribution in [0, 0.1) is 0 Å². The quantitative estimate of drug-likeness (QED) is 0.817. The van der Waals surface area contributed by atoms with Crippen LogP contribution in [0.5, 0.6) is 0 Å². The van der Waals surface area contributed by atoms with Gasteiger partial charge < -0.3 is 9.47 Å². The maximum atomic E-state index is 6.30. The van der Waals surface area contributed by atoms with Gasteiger partial charge in [0.05, 0.1) is 6.10 Å². The number of hydrogen-bond donors (Lipinski definition) is 0. The summed E-state index contributed by atoms with van der Waals surface area (Å²) >= 11 is 0. The summed E-state index contributed by atoms with van der Waals surface area (Å²) in [6.07, 6.45) is 1.41. The topological polar surface area (TPSA) is 18.5 Å². The molecule has 0 N–H and O–H groups in total. The highest BCUT2D eigenvalue weighted by atomic mass is 16.6.